The molecule has 0 radical (unpaired) electrons. The number of carbonyl (C=O) groups excluding carboxylic acids is 1. The lowest BCUT2D eigenvalue weighted by molar-refractivity contribution is -0.139. The fourth-order valence-electron chi connectivity index (χ4n) is 3.43. The summed E-state index contributed by atoms with van der Waals surface area (Å²) in [5.74, 6) is -1.40. The van der Waals surface area contributed by atoms with Gasteiger partial charge in [-0.1, -0.05) is 53.6 Å². The summed E-state index contributed by atoms with van der Waals surface area (Å²) in [4.78, 5) is 18.8. The van der Waals surface area contributed by atoms with Gasteiger partial charge in [-0.15, -0.1) is 0 Å². The van der Waals surface area contributed by atoms with Crippen molar-refractivity contribution in [2.24, 2.45) is 0 Å². The molecular formula is C26H23BrCl2F3N3O. The van der Waals surface area contributed by atoms with Gasteiger partial charge in [0.05, 0.1) is 21.5 Å². The number of anilines is 1. The Balaban J connectivity index is 1.74. The molecule has 190 valence electrons. The molecule has 0 aliphatic carbocycles. The summed E-state index contributed by atoms with van der Waals surface area (Å²) in [6.07, 6.45) is -0.424. The van der Waals surface area contributed by atoms with E-state index in [9.17, 15) is 18.0 Å². The Morgan fingerprint density at radius 3 is 2.44 bits per heavy atom. The molecule has 0 fully saturated rings. The highest BCUT2D eigenvalue weighted by Crippen LogP contribution is 2.39. The molecule has 3 aromatic rings. The van der Waals surface area contributed by atoms with Gasteiger partial charge in [0.2, 0.25) is 0 Å². The molecule has 1 N–H and O–H groups in total. The minimum atomic E-state index is -4.53. The van der Waals surface area contributed by atoms with Crippen LogP contribution in [0, 0.1) is 6.92 Å². The van der Waals surface area contributed by atoms with Crippen molar-refractivity contribution in [1.29, 1.82) is 0 Å². The normalized spacial score (nSPS) is 12.6. The van der Waals surface area contributed by atoms with Crippen molar-refractivity contribution < 1.29 is 18.0 Å². The number of allylic oxidation sites excluding steroid dienone is 1. The van der Waals surface area contributed by atoms with Crippen LogP contribution in [-0.4, -0.2) is 31.2 Å². The Hall–Kier alpha value is -2.55. The van der Waals surface area contributed by atoms with E-state index in [1.807, 2.05) is 31.1 Å². The minimum absolute atomic E-state index is 0.00572. The number of nitrogens with one attached hydrogen (secondary N) is 1. The van der Waals surface area contributed by atoms with E-state index >= 15 is 0 Å². The molecule has 0 aliphatic rings. The third-order valence-electron chi connectivity index (χ3n) is 5.38. The fraction of sp³-hybridized carbons (Fsp3) is 0.231. The van der Waals surface area contributed by atoms with Crippen molar-refractivity contribution in [2.45, 2.75) is 25.6 Å². The van der Waals surface area contributed by atoms with Gasteiger partial charge in [0.25, 0.3) is 5.91 Å². The molecule has 0 spiro atoms. The number of hydrogen-bond acceptors (Lipinski definition) is 3. The van der Waals surface area contributed by atoms with Crippen molar-refractivity contribution in [1.82, 2.24) is 10.3 Å². The van der Waals surface area contributed by atoms with Gasteiger partial charge in [0, 0.05) is 31.3 Å². The summed E-state index contributed by atoms with van der Waals surface area (Å²) in [6.45, 7) is 1.88. The van der Waals surface area contributed by atoms with Crippen LogP contribution in [0.3, 0.4) is 0 Å². The summed E-state index contributed by atoms with van der Waals surface area (Å²) in [5.41, 5.74) is 2.14. The zero-order chi connectivity index (χ0) is 26.6. The number of aryl methyl sites for hydroxylation is 1. The minimum Gasteiger partial charge on any atom is -0.363 e. The topological polar surface area (TPSA) is 45.2 Å². The molecule has 0 saturated carbocycles. The van der Waals surface area contributed by atoms with Crippen LogP contribution in [0.5, 0.6) is 0 Å². The van der Waals surface area contributed by atoms with Crippen molar-refractivity contribution >= 4 is 56.9 Å². The van der Waals surface area contributed by atoms with E-state index in [1.54, 1.807) is 31.3 Å². The number of benzene rings is 2. The molecule has 0 aliphatic heterocycles. The molecule has 3 rings (SSSR count). The molecule has 0 saturated heterocycles. The molecule has 10 heteroatoms. The van der Waals surface area contributed by atoms with E-state index < -0.39 is 12.1 Å². The largest absolute Gasteiger partial charge is 0.399 e. The molecule has 0 bridgehead atoms. The summed E-state index contributed by atoms with van der Waals surface area (Å²) in [5, 5.41) is 3.11. The maximum Gasteiger partial charge on any atom is 0.399 e. The number of halogens is 6. The van der Waals surface area contributed by atoms with E-state index in [0.717, 1.165) is 17.5 Å². The number of carbonyl (C=O) groups is 1. The summed E-state index contributed by atoms with van der Waals surface area (Å²) in [6, 6.07) is 11.1. The van der Waals surface area contributed by atoms with Crippen LogP contribution in [0.2, 0.25) is 10.0 Å². The Kier molecular flexibility index (Phi) is 9.08. The van der Waals surface area contributed by atoms with Crippen LogP contribution in [0.15, 0.2) is 59.2 Å². The Labute approximate surface area is 226 Å². The van der Waals surface area contributed by atoms with E-state index in [4.69, 9.17) is 23.2 Å². The number of nitrogens with zero attached hydrogens (tertiary/aromatic N) is 2. The molecule has 4 nitrogen and oxygen atoms in total. The zero-order valence-electron chi connectivity index (χ0n) is 19.6. The average molecular weight is 601 g/mol. The molecule has 1 unspecified atom stereocenters. The summed E-state index contributed by atoms with van der Waals surface area (Å²) >= 11 is 15.4. The van der Waals surface area contributed by atoms with Crippen LogP contribution >= 0.6 is 39.1 Å². The molecule has 2 aromatic carbocycles. The van der Waals surface area contributed by atoms with Gasteiger partial charge in [-0.05, 0) is 69.4 Å². The standard InChI is InChI=1S/C26H23BrCl2F3N3O/c1-15-10-18(12-22(28)24(15)29)20(26(30,31)32)8-5-16-4-7-19(21(27)11-16)25(36)34-14-17-6-9-23(33-13-17)35(2)3/h4-13,20H,14H2,1-3H3,(H,34,36)/b8-5+. The Morgan fingerprint density at radius 2 is 1.89 bits per heavy atom. The molecule has 36 heavy (non-hydrogen) atoms. The van der Waals surface area contributed by atoms with Gasteiger partial charge in [-0.25, -0.2) is 4.98 Å². The van der Waals surface area contributed by atoms with Gasteiger partial charge >= 0.3 is 6.18 Å². The third kappa shape index (κ3) is 7.02. The lowest BCUT2D eigenvalue weighted by Crippen LogP contribution is -2.23. The zero-order valence-corrected chi connectivity index (χ0v) is 22.7. The van der Waals surface area contributed by atoms with Crippen LogP contribution in [0.25, 0.3) is 6.08 Å². The maximum absolute atomic E-state index is 13.8. The van der Waals surface area contributed by atoms with Crippen molar-refractivity contribution in [3.63, 3.8) is 0 Å². The van der Waals surface area contributed by atoms with Gasteiger partial charge in [-0.2, -0.15) is 13.2 Å². The number of alkyl halides is 3. The molecule has 1 amide bonds. The van der Waals surface area contributed by atoms with Crippen LogP contribution in [0.4, 0.5) is 19.0 Å². The van der Waals surface area contributed by atoms with Crippen LogP contribution in [0.1, 0.15) is 38.5 Å². The lowest BCUT2D eigenvalue weighted by Gasteiger charge is -2.19. The first-order chi connectivity index (χ1) is 16.9. The fourth-order valence-corrected chi connectivity index (χ4v) is 4.39. The SMILES string of the molecule is Cc1cc(C(/C=C/c2ccc(C(=O)NCc3ccc(N(C)C)nc3)c(Br)c2)C(F)(F)F)cc(Cl)c1Cl. The van der Waals surface area contributed by atoms with Gasteiger partial charge in [0.1, 0.15) is 5.82 Å². The lowest BCUT2D eigenvalue weighted by atomic mass is 9.95. The second-order valence-corrected chi connectivity index (χ2v) is 9.99. The molecule has 1 heterocycles. The first-order valence-corrected chi connectivity index (χ1v) is 12.3. The quantitative estimate of drug-likeness (QED) is 0.301. The summed E-state index contributed by atoms with van der Waals surface area (Å²) < 4.78 is 41.9. The van der Waals surface area contributed by atoms with Gasteiger partial charge < -0.3 is 10.2 Å². The number of aromatic nitrogens is 1. The third-order valence-corrected chi connectivity index (χ3v) is 6.94. The Bertz CT molecular complexity index is 1260. The molecule has 1 atom stereocenters. The average Bonchev–Trinajstić information content (AvgIpc) is 2.80. The van der Waals surface area contributed by atoms with Crippen molar-refractivity contribution in [2.75, 3.05) is 19.0 Å². The van der Waals surface area contributed by atoms with E-state index in [2.05, 4.69) is 26.2 Å². The highest BCUT2D eigenvalue weighted by atomic mass is 79.9. The highest BCUT2D eigenvalue weighted by molar-refractivity contribution is 9.10. The highest BCUT2D eigenvalue weighted by Gasteiger charge is 2.39. The maximum atomic E-state index is 13.8. The monoisotopic (exact) mass is 599 g/mol. The number of rotatable bonds is 7. The summed E-state index contributed by atoms with van der Waals surface area (Å²) in [7, 11) is 3.77. The second kappa shape index (κ2) is 11.7. The first kappa shape index (κ1) is 28.0. The Morgan fingerprint density at radius 1 is 1.17 bits per heavy atom. The molecular weight excluding hydrogens is 578 g/mol. The van der Waals surface area contributed by atoms with Gasteiger partial charge in [-0.3, -0.25) is 4.79 Å². The van der Waals surface area contributed by atoms with Crippen molar-refractivity contribution in [3.8, 4) is 0 Å². The molecule has 1 aromatic heterocycles. The number of amides is 1. The smallest absolute Gasteiger partial charge is 0.363 e. The van der Waals surface area contributed by atoms with E-state index in [0.29, 0.717) is 21.2 Å². The van der Waals surface area contributed by atoms with E-state index in [1.165, 1.54) is 18.2 Å². The van der Waals surface area contributed by atoms with Crippen LogP contribution < -0.4 is 10.2 Å². The first-order valence-electron chi connectivity index (χ1n) is 10.8. The van der Waals surface area contributed by atoms with Crippen molar-refractivity contribution in [3.05, 3.63) is 97.1 Å². The number of pyridine rings is 1. The van der Waals surface area contributed by atoms with E-state index in [-0.39, 0.29) is 28.1 Å². The predicted molar refractivity (Wildman–Crippen MR) is 143 cm³/mol. The number of hydrogen-bond donors (Lipinski definition) is 1. The van der Waals surface area contributed by atoms with Gasteiger partial charge in [0.15, 0.2) is 0 Å². The second-order valence-electron chi connectivity index (χ2n) is 8.35. The van der Waals surface area contributed by atoms with Crippen LogP contribution in [-0.2, 0) is 6.54 Å². The predicted octanol–water partition coefficient (Wildman–Crippen LogP) is 7.81.